The Morgan fingerprint density at radius 3 is 0.551 bits per heavy atom. The van der Waals surface area contributed by atoms with Gasteiger partial charge in [0, 0.05) is 123 Å². The molecule has 8 aromatic rings. The zero-order chi connectivity index (χ0) is 71.2. The standard InChI is InChI=1S/4C18H16BrNO4.2Rh/c4*1-18(2,3)14(17(23)24)20-15(21)10-6-4-5-9-12(19)8-7-11(13(9)10)16(20)22;;/h4*4-8,14H,1-3H3,(H,23,24);;/t4*14-;;/m1111../s1. The maximum atomic E-state index is 12.9. The fraction of sp³-hybridized carbons (Fsp3) is 0.278. The molecule has 4 aliphatic rings. The van der Waals surface area contributed by atoms with Crippen LogP contribution in [0.4, 0.5) is 0 Å². The van der Waals surface area contributed by atoms with Gasteiger partial charge in [-0.25, -0.2) is 19.2 Å². The zero-order valence-electron chi connectivity index (χ0n) is 54.5. The molecule has 4 heterocycles. The first-order chi connectivity index (χ1) is 44.6. The Morgan fingerprint density at radius 1 is 0.276 bits per heavy atom. The number of rotatable bonds is 8. The second-order valence-corrected chi connectivity index (χ2v) is 31.1. The Hall–Kier alpha value is -7.59. The summed E-state index contributed by atoms with van der Waals surface area (Å²) >= 11 is 13.7. The van der Waals surface area contributed by atoms with Crippen molar-refractivity contribution in [3.8, 4) is 0 Å². The number of nitrogens with zero attached hydrogens (tertiary/aromatic N) is 4. The molecule has 0 fully saturated rings. The van der Waals surface area contributed by atoms with Gasteiger partial charge in [0.1, 0.15) is 24.2 Å². The minimum atomic E-state index is -1.25. The molecule has 4 N–H and O–H groups in total. The number of carboxylic acid groups (broad SMARTS) is 4. The molecule has 12 rings (SSSR count). The molecule has 0 spiro atoms. The van der Waals surface area contributed by atoms with Gasteiger partial charge in [-0.05, 0) is 116 Å². The molecule has 0 saturated carbocycles. The van der Waals surface area contributed by atoms with Gasteiger partial charge in [0.25, 0.3) is 47.3 Å². The molecule has 0 unspecified atom stereocenters. The van der Waals surface area contributed by atoms with Crippen LogP contribution in [0.3, 0.4) is 0 Å². The van der Waals surface area contributed by atoms with Crippen molar-refractivity contribution in [2.75, 3.05) is 0 Å². The molecule has 4 atom stereocenters. The summed E-state index contributed by atoms with van der Waals surface area (Å²) in [7, 11) is 0. The van der Waals surface area contributed by atoms with Crippen LogP contribution in [-0.4, -0.2) is 135 Å². The van der Waals surface area contributed by atoms with Gasteiger partial charge in [-0.3, -0.25) is 58.0 Å². The third kappa shape index (κ3) is 13.9. The molecule has 26 heteroatoms. The SMILES string of the molecule is CC(C)(C)[C@@H](C(=O)O)N1C(=O)c2cccc3c(Br)ccc(c23)C1=O.CC(C)(C)[C@@H](C(=O)O)N1C(=O)c2cccc3c(Br)ccc(c23)C1=O.CC(C)(C)[C@@H](C(=O)O)N1C(=O)c2cccc3c(Br)ccc(c23)C1=O.CC(C)(C)[C@@H](C(=O)O)N1C(=O)c2cccc3c(Br)ccc(c23)C1=O.[Rh].[Rh]. The van der Waals surface area contributed by atoms with E-state index in [1.807, 2.05) is 24.3 Å². The maximum Gasteiger partial charge on any atom is 0.327 e. The molecule has 2 radical (unpaired) electrons. The first kappa shape index (κ1) is 77.8. The van der Waals surface area contributed by atoms with E-state index in [0.29, 0.717) is 66.1 Å². The molecular weight excluding hydrogens is 1700 g/mol. The quantitative estimate of drug-likeness (QED) is 0.0812. The summed E-state index contributed by atoms with van der Waals surface area (Å²) in [5.74, 6) is -9.36. The van der Waals surface area contributed by atoms with Gasteiger partial charge in [0.15, 0.2) is 0 Å². The van der Waals surface area contributed by atoms with E-state index in [4.69, 9.17) is 0 Å². The van der Waals surface area contributed by atoms with Crippen molar-refractivity contribution in [1.29, 1.82) is 0 Å². The van der Waals surface area contributed by atoms with E-state index in [2.05, 4.69) is 63.7 Å². The smallest absolute Gasteiger partial charge is 0.327 e. The fourth-order valence-corrected chi connectivity index (χ4v) is 14.6. The summed E-state index contributed by atoms with van der Waals surface area (Å²) < 4.78 is 3.12. The van der Waals surface area contributed by atoms with Gasteiger partial charge in [0.2, 0.25) is 0 Å². The maximum absolute atomic E-state index is 12.9. The van der Waals surface area contributed by atoms with Crippen LogP contribution in [0.5, 0.6) is 0 Å². The molecule has 98 heavy (non-hydrogen) atoms. The van der Waals surface area contributed by atoms with E-state index >= 15 is 0 Å². The molecule has 0 bridgehead atoms. The Morgan fingerprint density at radius 2 is 0.418 bits per heavy atom. The van der Waals surface area contributed by atoms with Crippen LogP contribution >= 0.6 is 63.7 Å². The van der Waals surface area contributed by atoms with E-state index in [9.17, 15) is 78.0 Å². The van der Waals surface area contributed by atoms with Crippen molar-refractivity contribution in [1.82, 2.24) is 19.6 Å². The molecule has 4 aliphatic heterocycles. The first-order valence-corrected chi connectivity index (χ1v) is 33.0. The van der Waals surface area contributed by atoms with Crippen LogP contribution in [0.1, 0.15) is 166 Å². The molecular formula is C72H64Br4N4O16Rh2. The molecule has 514 valence electrons. The van der Waals surface area contributed by atoms with Crippen molar-refractivity contribution in [2.45, 2.75) is 107 Å². The van der Waals surface area contributed by atoms with Gasteiger partial charge in [-0.2, -0.15) is 0 Å². The molecule has 20 nitrogen and oxygen atoms in total. The average molecular weight is 1770 g/mol. The summed E-state index contributed by atoms with van der Waals surface area (Å²) in [6.45, 7) is 20.4. The van der Waals surface area contributed by atoms with Gasteiger partial charge in [-0.1, -0.05) is 195 Å². The number of carbonyl (C=O) groups is 12. The van der Waals surface area contributed by atoms with Crippen molar-refractivity contribution in [3.63, 3.8) is 0 Å². The molecule has 0 aromatic heterocycles. The Balaban J connectivity index is 0.000000183. The number of imide groups is 4. The second kappa shape index (κ2) is 28.6. The third-order valence-corrected chi connectivity index (χ3v) is 19.6. The van der Waals surface area contributed by atoms with Crippen LogP contribution in [0, 0.1) is 21.7 Å². The van der Waals surface area contributed by atoms with Crippen LogP contribution in [-0.2, 0) is 58.1 Å². The minimum absolute atomic E-state index is 0. The van der Waals surface area contributed by atoms with Crippen LogP contribution in [0.2, 0.25) is 0 Å². The molecule has 8 aromatic carbocycles. The van der Waals surface area contributed by atoms with Crippen molar-refractivity contribution >= 4 is 178 Å². The topological polar surface area (TPSA) is 299 Å². The van der Waals surface area contributed by atoms with Crippen LogP contribution in [0.15, 0.2) is 139 Å². The van der Waals surface area contributed by atoms with Gasteiger partial charge >= 0.3 is 23.9 Å². The summed E-state index contributed by atoms with van der Waals surface area (Å²) in [6, 6.07) is 29.2. The molecule has 0 aliphatic carbocycles. The van der Waals surface area contributed by atoms with E-state index in [-0.39, 0.29) is 39.0 Å². The van der Waals surface area contributed by atoms with Crippen molar-refractivity contribution in [2.24, 2.45) is 21.7 Å². The number of halogens is 4. The Labute approximate surface area is 621 Å². The minimum Gasteiger partial charge on any atom is -0.480 e. The van der Waals surface area contributed by atoms with E-state index in [1.54, 1.807) is 180 Å². The fourth-order valence-electron chi connectivity index (χ4n) is 12.7. The van der Waals surface area contributed by atoms with E-state index in [1.165, 1.54) is 0 Å². The largest absolute Gasteiger partial charge is 0.480 e. The summed E-state index contributed by atoms with van der Waals surface area (Å²) in [5.41, 5.74) is -0.405. The Kier molecular flexibility index (Phi) is 22.7. The predicted octanol–water partition coefficient (Wildman–Crippen LogP) is 14.8. The number of amides is 8. The number of carboxylic acids is 4. The predicted molar refractivity (Wildman–Crippen MR) is 372 cm³/mol. The number of carbonyl (C=O) groups excluding carboxylic acids is 8. The normalized spacial score (nSPS) is 15.4. The van der Waals surface area contributed by atoms with Gasteiger partial charge < -0.3 is 20.4 Å². The monoisotopic (exact) mass is 1760 g/mol. The number of hydrogen-bond donors (Lipinski definition) is 4. The summed E-state index contributed by atoms with van der Waals surface area (Å²) in [4.78, 5) is 154. The van der Waals surface area contributed by atoms with Crippen LogP contribution in [0.25, 0.3) is 43.1 Å². The molecule has 8 amide bonds. The third-order valence-electron chi connectivity index (χ3n) is 16.8. The summed E-state index contributed by atoms with van der Waals surface area (Å²) in [6.07, 6.45) is 0. The number of benzene rings is 8. The summed E-state index contributed by atoms with van der Waals surface area (Å²) in [5, 5.41) is 43.8. The van der Waals surface area contributed by atoms with Gasteiger partial charge in [-0.15, -0.1) is 0 Å². The number of hydrogen-bond acceptors (Lipinski definition) is 12. The first-order valence-electron chi connectivity index (χ1n) is 29.8. The van der Waals surface area contributed by atoms with Crippen molar-refractivity contribution in [3.05, 3.63) is 184 Å². The zero-order valence-corrected chi connectivity index (χ0v) is 64.1. The van der Waals surface area contributed by atoms with Gasteiger partial charge in [0.05, 0.1) is 0 Å². The Bertz CT molecular complexity index is 4110. The number of aliphatic carboxylic acids is 4. The second-order valence-electron chi connectivity index (χ2n) is 27.6. The van der Waals surface area contributed by atoms with Crippen molar-refractivity contribution < 1.29 is 117 Å². The average Bonchev–Trinajstić information content (AvgIpc) is 0.754. The van der Waals surface area contributed by atoms with E-state index in [0.717, 1.165) is 59.0 Å². The van der Waals surface area contributed by atoms with Crippen LogP contribution < -0.4 is 0 Å². The van der Waals surface area contributed by atoms with E-state index < -0.39 is 117 Å². The molecule has 0 saturated heterocycles.